The van der Waals surface area contributed by atoms with Crippen LogP contribution < -0.4 is 0 Å². The minimum atomic E-state index is 0.938. The molecule has 0 radical (unpaired) electrons. The fourth-order valence-corrected chi connectivity index (χ4v) is 2.27. The Morgan fingerprint density at radius 1 is 1.20 bits per heavy atom. The molecule has 0 aromatic carbocycles. The Kier molecular flexibility index (Phi) is 3.70. The summed E-state index contributed by atoms with van der Waals surface area (Å²) in [6.45, 7) is 2.30. The van der Waals surface area contributed by atoms with Gasteiger partial charge < -0.3 is 0 Å². The van der Waals surface area contributed by atoms with Crippen molar-refractivity contribution in [3.63, 3.8) is 0 Å². The first-order valence-corrected chi connectivity index (χ1v) is 5.25. The Bertz CT molecular complexity index is 82.7. The molecule has 0 N–H and O–H groups in total. The zero-order chi connectivity index (χ0) is 7.40. The van der Waals surface area contributed by atoms with Gasteiger partial charge in [-0.3, -0.25) is 0 Å². The van der Waals surface area contributed by atoms with Gasteiger partial charge in [0.25, 0.3) is 0 Å². The lowest BCUT2D eigenvalue weighted by Crippen LogP contribution is -2.13. The van der Waals surface area contributed by atoms with Gasteiger partial charge in [0.1, 0.15) is 0 Å². The van der Waals surface area contributed by atoms with Crippen molar-refractivity contribution in [2.75, 3.05) is 0 Å². The Labute approximate surface area is 67.0 Å². The van der Waals surface area contributed by atoms with E-state index in [2.05, 4.69) is 16.2 Å². The Hall–Kier alpha value is 0.430. The first-order chi connectivity index (χ1) is 4.83. The third-order valence-corrected chi connectivity index (χ3v) is 3.26. The van der Waals surface area contributed by atoms with Crippen LogP contribution in [0.5, 0.6) is 0 Å². The molecule has 0 saturated heterocycles. The fraction of sp³-hybridized carbons (Fsp3) is 1.00. The second kappa shape index (κ2) is 4.34. The summed E-state index contributed by atoms with van der Waals surface area (Å²) in [7, 11) is 2.96. The molecule has 0 amide bonds. The molecule has 1 atom stereocenters. The smallest absolute Gasteiger partial charge is 0.0264 e. The molecule has 1 aliphatic rings. The van der Waals surface area contributed by atoms with Gasteiger partial charge in [0.15, 0.2) is 0 Å². The highest BCUT2D eigenvalue weighted by Crippen LogP contribution is 2.31. The second-order valence-electron chi connectivity index (χ2n) is 3.57. The highest BCUT2D eigenvalue weighted by Gasteiger charge is 2.16. The lowest BCUT2D eigenvalue weighted by Gasteiger charge is -2.25. The van der Waals surface area contributed by atoms with Gasteiger partial charge in [-0.15, -0.1) is 9.24 Å². The lowest BCUT2D eigenvalue weighted by molar-refractivity contribution is 0.342. The lowest BCUT2D eigenvalue weighted by atomic mass is 9.86. The van der Waals surface area contributed by atoms with Crippen LogP contribution in [0.15, 0.2) is 0 Å². The molecule has 0 spiro atoms. The molecule has 0 aromatic rings. The van der Waals surface area contributed by atoms with Crippen molar-refractivity contribution in [1.29, 1.82) is 0 Å². The molecule has 0 bridgehead atoms. The van der Waals surface area contributed by atoms with Gasteiger partial charge in [0.05, 0.1) is 0 Å². The van der Waals surface area contributed by atoms with Gasteiger partial charge in [-0.1, -0.05) is 19.8 Å². The molecule has 1 unspecified atom stereocenters. The standard InChI is InChI=1S/C9H19P/c1-2-3-8-4-6-9(10)7-5-8/h8-9H,2-7,10H2,1H3. The van der Waals surface area contributed by atoms with E-state index in [9.17, 15) is 0 Å². The summed E-state index contributed by atoms with van der Waals surface area (Å²) in [6, 6.07) is 0. The van der Waals surface area contributed by atoms with Gasteiger partial charge >= 0.3 is 0 Å². The Morgan fingerprint density at radius 2 is 1.80 bits per heavy atom. The summed E-state index contributed by atoms with van der Waals surface area (Å²) in [6.07, 6.45) is 8.73. The maximum absolute atomic E-state index is 2.96. The summed E-state index contributed by atoms with van der Waals surface area (Å²) >= 11 is 0. The molecular weight excluding hydrogens is 139 g/mol. The van der Waals surface area contributed by atoms with Crippen LogP contribution in [-0.4, -0.2) is 5.66 Å². The highest BCUT2D eigenvalue weighted by atomic mass is 31.0. The van der Waals surface area contributed by atoms with Crippen molar-refractivity contribution < 1.29 is 0 Å². The van der Waals surface area contributed by atoms with E-state index in [0.29, 0.717) is 0 Å². The zero-order valence-corrected chi connectivity index (χ0v) is 8.13. The van der Waals surface area contributed by atoms with Gasteiger partial charge in [0, 0.05) is 0 Å². The molecule has 10 heavy (non-hydrogen) atoms. The molecule has 0 aromatic heterocycles. The fourth-order valence-electron chi connectivity index (χ4n) is 1.89. The summed E-state index contributed by atoms with van der Waals surface area (Å²) in [5.74, 6) is 1.07. The van der Waals surface area contributed by atoms with Crippen molar-refractivity contribution in [2.45, 2.75) is 51.1 Å². The van der Waals surface area contributed by atoms with E-state index in [1.165, 1.54) is 38.5 Å². The van der Waals surface area contributed by atoms with Gasteiger partial charge in [0.2, 0.25) is 0 Å². The average molecular weight is 158 g/mol. The summed E-state index contributed by atoms with van der Waals surface area (Å²) in [4.78, 5) is 0. The van der Waals surface area contributed by atoms with Crippen LogP contribution in [0.2, 0.25) is 0 Å². The van der Waals surface area contributed by atoms with E-state index in [4.69, 9.17) is 0 Å². The molecular formula is C9H19P. The van der Waals surface area contributed by atoms with Crippen LogP contribution in [0.1, 0.15) is 45.4 Å². The van der Waals surface area contributed by atoms with Crippen LogP contribution >= 0.6 is 9.24 Å². The predicted molar refractivity (Wildman–Crippen MR) is 50.4 cm³/mol. The molecule has 1 aliphatic carbocycles. The summed E-state index contributed by atoms with van der Waals surface area (Å²) < 4.78 is 0. The minimum absolute atomic E-state index is 0.938. The average Bonchev–Trinajstić information content (AvgIpc) is 1.95. The van der Waals surface area contributed by atoms with Crippen LogP contribution in [0.4, 0.5) is 0 Å². The first-order valence-electron chi connectivity index (χ1n) is 4.58. The van der Waals surface area contributed by atoms with E-state index in [-0.39, 0.29) is 0 Å². The number of hydrogen-bond donors (Lipinski definition) is 0. The molecule has 1 rings (SSSR count). The molecule has 1 saturated carbocycles. The predicted octanol–water partition coefficient (Wildman–Crippen LogP) is 3.22. The second-order valence-corrected chi connectivity index (χ2v) is 4.51. The molecule has 0 aliphatic heterocycles. The van der Waals surface area contributed by atoms with Crippen molar-refractivity contribution in [2.24, 2.45) is 5.92 Å². The van der Waals surface area contributed by atoms with Crippen LogP contribution in [0, 0.1) is 5.92 Å². The molecule has 1 fully saturated rings. The maximum Gasteiger partial charge on any atom is -0.0264 e. The van der Waals surface area contributed by atoms with Crippen molar-refractivity contribution in [1.82, 2.24) is 0 Å². The third kappa shape index (κ3) is 2.58. The summed E-state index contributed by atoms with van der Waals surface area (Å²) in [5.41, 5.74) is 0.938. The minimum Gasteiger partial charge on any atom is -0.134 e. The first kappa shape index (κ1) is 8.53. The number of hydrogen-bond acceptors (Lipinski definition) is 0. The van der Waals surface area contributed by atoms with Gasteiger partial charge in [-0.25, -0.2) is 0 Å². The van der Waals surface area contributed by atoms with Gasteiger partial charge in [-0.05, 0) is 37.3 Å². The third-order valence-electron chi connectivity index (χ3n) is 2.59. The Balaban J connectivity index is 2.13. The molecule has 0 nitrogen and oxygen atoms in total. The SMILES string of the molecule is CCCC1CCC(P)CC1. The van der Waals surface area contributed by atoms with E-state index in [1.807, 2.05) is 0 Å². The van der Waals surface area contributed by atoms with Crippen LogP contribution in [0.25, 0.3) is 0 Å². The van der Waals surface area contributed by atoms with E-state index in [1.54, 1.807) is 0 Å². The van der Waals surface area contributed by atoms with E-state index < -0.39 is 0 Å². The normalized spacial score (nSPS) is 34.2. The van der Waals surface area contributed by atoms with Crippen molar-refractivity contribution in [3.8, 4) is 0 Å². The molecule has 0 heterocycles. The van der Waals surface area contributed by atoms with Crippen LogP contribution in [0.3, 0.4) is 0 Å². The molecule has 60 valence electrons. The molecule has 1 heteroatoms. The van der Waals surface area contributed by atoms with Crippen molar-refractivity contribution in [3.05, 3.63) is 0 Å². The largest absolute Gasteiger partial charge is 0.134 e. The van der Waals surface area contributed by atoms with Gasteiger partial charge in [-0.2, -0.15) is 0 Å². The van der Waals surface area contributed by atoms with Crippen molar-refractivity contribution >= 4 is 9.24 Å². The van der Waals surface area contributed by atoms with E-state index in [0.717, 1.165) is 11.6 Å². The highest BCUT2D eigenvalue weighted by molar-refractivity contribution is 7.17. The van der Waals surface area contributed by atoms with E-state index >= 15 is 0 Å². The maximum atomic E-state index is 2.96. The topological polar surface area (TPSA) is 0 Å². The van der Waals surface area contributed by atoms with Crippen LogP contribution in [-0.2, 0) is 0 Å². The summed E-state index contributed by atoms with van der Waals surface area (Å²) in [5, 5.41) is 0. The number of rotatable bonds is 2. The monoisotopic (exact) mass is 158 g/mol. The zero-order valence-electron chi connectivity index (χ0n) is 6.97. The quantitative estimate of drug-likeness (QED) is 0.541. The Morgan fingerprint density at radius 3 is 2.30 bits per heavy atom.